The molecule has 0 bridgehead atoms. The average molecular weight is 355 g/mol. The number of aryl methyl sites for hydroxylation is 1. The largest absolute Gasteiger partial charge is 0.486 e. The zero-order valence-electron chi connectivity index (χ0n) is 15.7. The molecule has 0 saturated heterocycles. The van der Waals surface area contributed by atoms with Crippen molar-refractivity contribution in [2.75, 3.05) is 13.2 Å². The van der Waals surface area contributed by atoms with Gasteiger partial charge in [-0.05, 0) is 62.6 Å². The van der Waals surface area contributed by atoms with Crippen LogP contribution in [0.25, 0.3) is 0 Å². The highest BCUT2D eigenvalue weighted by Crippen LogP contribution is 2.32. The number of rotatable bonds is 5. The fourth-order valence-corrected chi connectivity index (χ4v) is 2.84. The molecule has 5 nitrogen and oxygen atoms in total. The average Bonchev–Trinajstić information content (AvgIpc) is 2.64. The summed E-state index contributed by atoms with van der Waals surface area (Å²) in [5.41, 5.74) is 3.15. The van der Waals surface area contributed by atoms with Gasteiger partial charge < -0.3 is 19.5 Å². The molecule has 0 fully saturated rings. The normalized spacial score (nSPS) is 15.1. The molecule has 0 saturated carbocycles. The predicted octanol–water partition coefficient (Wildman–Crippen LogP) is 3.72. The molecule has 2 aromatic carbocycles. The Hall–Kier alpha value is -2.69. The first-order valence-corrected chi connectivity index (χ1v) is 8.88. The minimum atomic E-state index is -0.588. The quantitative estimate of drug-likeness (QED) is 0.888. The molecule has 2 atom stereocenters. The molecule has 26 heavy (non-hydrogen) atoms. The predicted molar refractivity (Wildman–Crippen MR) is 100.0 cm³/mol. The van der Waals surface area contributed by atoms with Crippen LogP contribution in [-0.4, -0.2) is 25.2 Å². The van der Waals surface area contributed by atoms with Gasteiger partial charge in [-0.3, -0.25) is 4.79 Å². The van der Waals surface area contributed by atoms with E-state index in [0.717, 1.165) is 33.9 Å². The highest BCUT2D eigenvalue weighted by molar-refractivity contribution is 5.81. The summed E-state index contributed by atoms with van der Waals surface area (Å²) in [6, 6.07) is 11.4. The van der Waals surface area contributed by atoms with E-state index in [1.165, 1.54) is 0 Å². The van der Waals surface area contributed by atoms with Crippen molar-refractivity contribution >= 4 is 5.91 Å². The van der Waals surface area contributed by atoms with Crippen molar-refractivity contribution in [3.63, 3.8) is 0 Å². The number of amides is 1. The van der Waals surface area contributed by atoms with Crippen LogP contribution in [0.15, 0.2) is 36.4 Å². The Morgan fingerprint density at radius 2 is 1.81 bits per heavy atom. The maximum Gasteiger partial charge on any atom is 0.261 e. The lowest BCUT2D eigenvalue weighted by Crippen LogP contribution is -2.37. The molecule has 1 aliphatic heterocycles. The number of benzene rings is 2. The van der Waals surface area contributed by atoms with Gasteiger partial charge >= 0.3 is 0 Å². The summed E-state index contributed by atoms with van der Waals surface area (Å²) >= 11 is 0. The molecule has 5 heteroatoms. The molecule has 0 aromatic heterocycles. The summed E-state index contributed by atoms with van der Waals surface area (Å²) in [5.74, 6) is 2.03. The van der Waals surface area contributed by atoms with Crippen molar-refractivity contribution in [3.05, 3.63) is 53.1 Å². The maximum absolute atomic E-state index is 12.5. The van der Waals surface area contributed by atoms with E-state index in [-0.39, 0.29) is 11.9 Å². The number of carbonyl (C=O) groups excluding carboxylic acids is 1. The lowest BCUT2D eigenvalue weighted by Gasteiger charge is -2.22. The summed E-state index contributed by atoms with van der Waals surface area (Å²) in [6.07, 6.45) is -0.588. The van der Waals surface area contributed by atoms with Crippen LogP contribution in [0, 0.1) is 13.8 Å². The fourth-order valence-electron chi connectivity index (χ4n) is 2.84. The minimum Gasteiger partial charge on any atom is -0.486 e. The van der Waals surface area contributed by atoms with Crippen LogP contribution < -0.4 is 19.5 Å². The molecule has 1 N–H and O–H groups in total. The molecule has 1 amide bonds. The maximum atomic E-state index is 12.5. The van der Waals surface area contributed by atoms with Gasteiger partial charge in [0.2, 0.25) is 0 Å². The van der Waals surface area contributed by atoms with Crippen molar-refractivity contribution in [2.45, 2.75) is 39.8 Å². The molecular formula is C21H25NO4. The molecule has 0 radical (unpaired) electrons. The van der Waals surface area contributed by atoms with Crippen LogP contribution in [0.1, 0.15) is 36.6 Å². The van der Waals surface area contributed by atoms with E-state index in [4.69, 9.17) is 14.2 Å². The Morgan fingerprint density at radius 3 is 2.58 bits per heavy atom. The first-order valence-electron chi connectivity index (χ1n) is 8.88. The highest BCUT2D eigenvalue weighted by Gasteiger charge is 2.20. The number of hydrogen-bond donors (Lipinski definition) is 1. The van der Waals surface area contributed by atoms with E-state index < -0.39 is 6.10 Å². The van der Waals surface area contributed by atoms with E-state index in [2.05, 4.69) is 5.32 Å². The van der Waals surface area contributed by atoms with Crippen molar-refractivity contribution in [3.8, 4) is 17.2 Å². The monoisotopic (exact) mass is 355 g/mol. The summed E-state index contributed by atoms with van der Waals surface area (Å²) in [7, 11) is 0. The summed E-state index contributed by atoms with van der Waals surface area (Å²) in [6.45, 7) is 8.81. The third kappa shape index (κ3) is 3.93. The van der Waals surface area contributed by atoms with Crippen molar-refractivity contribution < 1.29 is 19.0 Å². The van der Waals surface area contributed by atoms with Crippen LogP contribution in [-0.2, 0) is 4.79 Å². The minimum absolute atomic E-state index is 0.159. The second kappa shape index (κ2) is 7.68. The Balaban J connectivity index is 1.64. The van der Waals surface area contributed by atoms with Crippen LogP contribution in [0.4, 0.5) is 0 Å². The molecule has 0 aliphatic carbocycles. The molecular weight excluding hydrogens is 330 g/mol. The highest BCUT2D eigenvalue weighted by atomic mass is 16.6. The molecule has 3 rings (SSSR count). The van der Waals surface area contributed by atoms with Gasteiger partial charge in [0, 0.05) is 0 Å². The van der Waals surface area contributed by atoms with E-state index in [1.54, 1.807) is 6.92 Å². The molecule has 0 spiro atoms. The first-order chi connectivity index (χ1) is 12.5. The SMILES string of the molecule is Cc1cccc(O[C@H](C)C(=O)N[C@@H](C)c2ccc3c(c2)OCCO3)c1C. The van der Waals surface area contributed by atoms with Gasteiger partial charge in [-0.2, -0.15) is 0 Å². The third-order valence-corrected chi connectivity index (χ3v) is 4.65. The standard InChI is InChI=1S/C21H25NO4/c1-13-6-5-7-18(14(13)2)26-16(4)21(23)22-15(3)17-8-9-19-20(12-17)25-11-10-24-19/h5-9,12,15-16H,10-11H2,1-4H3,(H,22,23)/t15-,16+/m0/s1. The smallest absolute Gasteiger partial charge is 0.261 e. The van der Waals surface area contributed by atoms with E-state index in [9.17, 15) is 4.79 Å². The van der Waals surface area contributed by atoms with Crippen LogP contribution >= 0.6 is 0 Å². The molecule has 1 heterocycles. The van der Waals surface area contributed by atoms with Gasteiger partial charge in [-0.25, -0.2) is 0 Å². The van der Waals surface area contributed by atoms with Gasteiger partial charge in [0.1, 0.15) is 19.0 Å². The van der Waals surface area contributed by atoms with E-state index >= 15 is 0 Å². The van der Waals surface area contributed by atoms with Crippen LogP contribution in [0.2, 0.25) is 0 Å². The second-order valence-electron chi connectivity index (χ2n) is 6.59. The molecule has 138 valence electrons. The molecule has 1 aliphatic rings. The van der Waals surface area contributed by atoms with E-state index in [0.29, 0.717) is 13.2 Å². The van der Waals surface area contributed by atoms with Crippen LogP contribution in [0.5, 0.6) is 17.2 Å². The number of nitrogens with one attached hydrogen (secondary N) is 1. The van der Waals surface area contributed by atoms with E-state index in [1.807, 2.05) is 57.2 Å². The zero-order chi connectivity index (χ0) is 18.7. The lowest BCUT2D eigenvalue weighted by atomic mass is 10.1. The number of ether oxygens (including phenoxy) is 3. The van der Waals surface area contributed by atoms with Crippen molar-refractivity contribution in [1.82, 2.24) is 5.32 Å². The fraction of sp³-hybridized carbons (Fsp3) is 0.381. The third-order valence-electron chi connectivity index (χ3n) is 4.65. The summed E-state index contributed by atoms with van der Waals surface area (Å²) in [4.78, 5) is 12.5. The number of hydrogen-bond acceptors (Lipinski definition) is 4. The van der Waals surface area contributed by atoms with Crippen molar-refractivity contribution in [1.29, 1.82) is 0 Å². The zero-order valence-corrected chi connectivity index (χ0v) is 15.7. The van der Waals surface area contributed by atoms with Crippen LogP contribution in [0.3, 0.4) is 0 Å². The molecule has 0 unspecified atom stereocenters. The first kappa shape index (κ1) is 18.1. The van der Waals surface area contributed by atoms with Gasteiger partial charge in [-0.1, -0.05) is 18.2 Å². The van der Waals surface area contributed by atoms with Gasteiger partial charge in [-0.15, -0.1) is 0 Å². The van der Waals surface area contributed by atoms with Gasteiger partial charge in [0.25, 0.3) is 5.91 Å². The van der Waals surface area contributed by atoms with Gasteiger partial charge in [0.05, 0.1) is 6.04 Å². The number of carbonyl (C=O) groups is 1. The molecule has 2 aromatic rings. The van der Waals surface area contributed by atoms with Crippen molar-refractivity contribution in [2.24, 2.45) is 0 Å². The summed E-state index contributed by atoms with van der Waals surface area (Å²) < 4.78 is 17.0. The Labute approximate surface area is 154 Å². The Bertz CT molecular complexity index is 803. The second-order valence-corrected chi connectivity index (χ2v) is 6.59. The topological polar surface area (TPSA) is 56.8 Å². The lowest BCUT2D eigenvalue weighted by molar-refractivity contribution is -0.127. The Morgan fingerprint density at radius 1 is 1.08 bits per heavy atom. The Kier molecular flexibility index (Phi) is 5.35. The summed E-state index contributed by atoms with van der Waals surface area (Å²) in [5, 5.41) is 3.00. The number of fused-ring (bicyclic) bond motifs is 1. The van der Waals surface area contributed by atoms with Gasteiger partial charge in [0.15, 0.2) is 17.6 Å².